The standard InChI is InChI=1S/C16H23ClN2O2/c1-3-11-5-7-12(8-6-11)15-18-10-13(14(9-17)19-15)16(20)21-4-2/h10-12H,3-9H2,1-2H3. The summed E-state index contributed by atoms with van der Waals surface area (Å²) in [6.07, 6.45) is 7.55. The van der Waals surface area contributed by atoms with Gasteiger partial charge >= 0.3 is 5.97 Å². The molecule has 0 aliphatic heterocycles. The summed E-state index contributed by atoms with van der Waals surface area (Å²) in [5.41, 5.74) is 0.968. The van der Waals surface area contributed by atoms with Crippen LogP contribution in [0.5, 0.6) is 0 Å². The van der Waals surface area contributed by atoms with E-state index in [1.54, 1.807) is 13.1 Å². The third-order valence-electron chi connectivity index (χ3n) is 4.30. The highest BCUT2D eigenvalue weighted by Crippen LogP contribution is 2.35. The molecule has 0 saturated heterocycles. The van der Waals surface area contributed by atoms with E-state index < -0.39 is 5.97 Å². The molecule has 1 aliphatic carbocycles. The second kappa shape index (κ2) is 7.74. The fourth-order valence-corrected chi connectivity index (χ4v) is 3.14. The maximum absolute atomic E-state index is 11.8. The minimum absolute atomic E-state index is 0.202. The van der Waals surface area contributed by atoms with Crippen LogP contribution in [-0.2, 0) is 10.6 Å². The van der Waals surface area contributed by atoms with Crippen LogP contribution < -0.4 is 0 Å². The van der Waals surface area contributed by atoms with Crippen LogP contribution in [0.3, 0.4) is 0 Å². The van der Waals surface area contributed by atoms with Gasteiger partial charge in [0.1, 0.15) is 11.4 Å². The summed E-state index contributed by atoms with van der Waals surface area (Å²) < 4.78 is 5.01. The Hall–Kier alpha value is -1.16. The van der Waals surface area contributed by atoms with Crippen molar-refractivity contribution >= 4 is 17.6 Å². The van der Waals surface area contributed by atoms with E-state index in [0.717, 1.165) is 24.6 Å². The van der Waals surface area contributed by atoms with E-state index >= 15 is 0 Å². The number of esters is 1. The highest BCUT2D eigenvalue weighted by molar-refractivity contribution is 6.17. The van der Waals surface area contributed by atoms with Crippen LogP contribution in [0, 0.1) is 5.92 Å². The highest BCUT2D eigenvalue weighted by Gasteiger charge is 2.24. The summed E-state index contributed by atoms with van der Waals surface area (Å²) >= 11 is 5.93. The number of hydrogen-bond donors (Lipinski definition) is 0. The number of carbonyl (C=O) groups excluding carboxylic acids is 1. The van der Waals surface area contributed by atoms with Gasteiger partial charge < -0.3 is 4.74 Å². The predicted molar refractivity (Wildman–Crippen MR) is 82.5 cm³/mol. The maximum Gasteiger partial charge on any atom is 0.341 e. The minimum Gasteiger partial charge on any atom is -0.462 e. The van der Waals surface area contributed by atoms with Gasteiger partial charge in [0.2, 0.25) is 0 Å². The number of ether oxygens (including phenoxy) is 1. The molecular formula is C16H23ClN2O2. The Labute approximate surface area is 131 Å². The lowest BCUT2D eigenvalue weighted by molar-refractivity contribution is 0.0524. The lowest BCUT2D eigenvalue weighted by Gasteiger charge is -2.27. The van der Waals surface area contributed by atoms with Gasteiger partial charge in [-0.3, -0.25) is 0 Å². The van der Waals surface area contributed by atoms with Gasteiger partial charge in [0, 0.05) is 12.1 Å². The van der Waals surface area contributed by atoms with E-state index in [0.29, 0.717) is 23.8 Å². The summed E-state index contributed by atoms with van der Waals surface area (Å²) in [6, 6.07) is 0. The Balaban J connectivity index is 2.14. The van der Waals surface area contributed by atoms with Crippen molar-refractivity contribution < 1.29 is 9.53 Å². The molecule has 1 saturated carbocycles. The Morgan fingerprint density at radius 2 is 2.05 bits per heavy atom. The molecule has 1 heterocycles. The number of hydrogen-bond acceptors (Lipinski definition) is 4. The van der Waals surface area contributed by atoms with Crippen molar-refractivity contribution in [2.24, 2.45) is 5.92 Å². The van der Waals surface area contributed by atoms with Gasteiger partial charge in [-0.1, -0.05) is 13.3 Å². The summed E-state index contributed by atoms with van der Waals surface area (Å²) in [5.74, 6) is 1.87. The van der Waals surface area contributed by atoms with E-state index in [2.05, 4.69) is 16.9 Å². The van der Waals surface area contributed by atoms with Gasteiger partial charge in [-0.2, -0.15) is 0 Å². The smallest absolute Gasteiger partial charge is 0.341 e. The number of alkyl halides is 1. The lowest BCUT2D eigenvalue weighted by atomic mass is 9.80. The molecule has 0 N–H and O–H groups in total. The molecule has 0 atom stereocenters. The van der Waals surface area contributed by atoms with Crippen LogP contribution in [0.4, 0.5) is 0 Å². The van der Waals surface area contributed by atoms with Crippen LogP contribution >= 0.6 is 11.6 Å². The van der Waals surface area contributed by atoms with Gasteiger partial charge in [0.15, 0.2) is 0 Å². The molecule has 0 amide bonds. The van der Waals surface area contributed by atoms with E-state index in [1.807, 2.05) is 0 Å². The van der Waals surface area contributed by atoms with E-state index in [-0.39, 0.29) is 5.88 Å². The number of nitrogens with zero attached hydrogens (tertiary/aromatic N) is 2. The van der Waals surface area contributed by atoms with Crippen LogP contribution in [0.2, 0.25) is 0 Å². The van der Waals surface area contributed by atoms with E-state index in [1.165, 1.54) is 19.3 Å². The molecule has 0 bridgehead atoms. The molecule has 0 radical (unpaired) electrons. The number of aromatic nitrogens is 2. The molecule has 1 aromatic heterocycles. The molecular weight excluding hydrogens is 288 g/mol. The summed E-state index contributed by atoms with van der Waals surface area (Å²) in [6.45, 7) is 4.37. The number of carbonyl (C=O) groups is 1. The third kappa shape index (κ3) is 3.94. The van der Waals surface area contributed by atoms with Crippen LogP contribution in [0.1, 0.15) is 73.7 Å². The minimum atomic E-state index is -0.394. The molecule has 116 valence electrons. The van der Waals surface area contributed by atoms with Crippen molar-refractivity contribution in [2.75, 3.05) is 6.61 Å². The van der Waals surface area contributed by atoms with E-state index in [9.17, 15) is 4.79 Å². The Bertz CT molecular complexity index is 485. The first-order valence-electron chi connectivity index (χ1n) is 7.78. The molecule has 2 rings (SSSR count). The van der Waals surface area contributed by atoms with Crippen LogP contribution in [0.15, 0.2) is 6.20 Å². The fraction of sp³-hybridized carbons (Fsp3) is 0.688. The number of rotatable bonds is 5. The van der Waals surface area contributed by atoms with Crippen molar-refractivity contribution in [3.63, 3.8) is 0 Å². The summed E-state index contributed by atoms with van der Waals surface area (Å²) in [5, 5.41) is 0. The van der Waals surface area contributed by atoms with Crippen molar-refractivity contribution in [3.8, 4) is 0 Å². The van der Waals surface area contributed by atoms with Crippen LogP contribution in [0.25, 0.3) is 0 Å². The Morgan fingerprint density at radius 1 is 1.33 bits per heavy atom. The van der Waals surface area contributed by atoms with E-state index in [4.69, 9.17) is 16.3 Å². The van der Waals surface area contributed by atoms with Gasteiger partial charge in [0.05, 0.1) is 18.2 Å². The Kier molecular flexibility index (Phi) is 5.97. The predicted octanol–water partition coefficient (Wildman–Crippen LogP) is 4.08. The summed E-state index contributed by atoms with van der Waals surface area (Å²) in [4.78, 5) is 20.8. The van der Waals surface area contributed by atoms with Gasteiger partial charge in [0.25, 0.3) is 0 Å². The van der Waals surface area contributed by atoms with Gasteiger partial charge in [-0.15, -0.1) is 11.6 Å². The molecule has 1 aliphatic rings. The molecule has 5 heteroatoms. The molecule has 4 nitrogen and oxygen atoms in total. The first kappa shape index (κ1) is 16.2. The SMILES string of the molecule is CCOC(=O)c1cnc(C2CCC(CC)CC2)nc1CCl. The van der Waals surface area contributed by atoms with Crippen LogP contribution in [-0.4, -0.2) is 22.5 Å². The molecule has 21 heavy (non-hydrogen) atoms. The molecule has 0 spiro atoms. The zero-order valence-electron chi connectivity index (χ0n) is 12.8. The first-order chi connectivity index (χ1) is 10.2. The topological polar surface area (TPSA) is 52.1 Å². The van der Waals surface area contributed by atoms with Gasteiger partial charge in [-0.05, 0) is 38.5 Å². The third-order valence-corrected chi connectivity index (χ3v) is 4.55. The normalized spacial score (nSPS) is 22.0. The first-order valence-corrected chi connectivity index (χ1v) is 8.31. The quantitative estimate of drug-likeness (QED) is 0.607. The average Bonchev–Trinajstić information content (AvgIpc) is 2.54. The zero-order valence-corrected chi connectivity index (χ0v) is 13.5. The Morgan fingerprint density at radius 3 is 2.62 bits per heavy atom. The zero-order chi connectivity index (χ0) is 15.2. The van der Waals surface area contributed by atoms with Gasteiger partial charge in [-0.25, -0.2) is 14.8 Å². The highest BCUT2D eigenvalue weighted by atomic mass is 35.5. The molecule has 0 unspecified atom stereocenters. The van der Waals surface area contributed by atoms with Crippen molar-refractivity contribution in [3.05, 3.63) is 23.3 Å². The van der Waals surface area contributed by atoms with Crippen molar-refractivity contribution in [2.45, 2.75) is 57.7 Å². The molecule has 1 aromatic rings. The monoisotopic (exact) mass is 310 g/mol. The largest absolute Gasteiger partial charge is 0.462 e. The van der Waals surface area contributed by atoms with Crippen molar-refractivity contribution in [1.82, 2.24) is 9.97 Å². The molecule has 0 aromatic carbocycles. The average molecular weight is 311 g/mol. The fourth-order valence-electron chi connectivity index (χ4n) is 2.94. The number of halogens is 1. The maximum atomic E-state index is 11.8. The van der Waals surface area contributed by atoms with Crippen molar-refractivity contribution in [1.29, 1.82) is 0 Å². The summed E-state index contributed by atoms with van der Waals surface area (Å²) in [7, 11) is 0. The lowest BCUT2D eigenvalue weighted by Crippen LogP contribution is -2.17. The second-order valence-electron chi connectivity index (χ2n) is 5.57. The molecule has 1 fully saturated rings. The second-order valence-corrected chi connectivity index (χ2v) is 5.84.